The molecule has 1 amide bonds. The van der Waals surface area contributed by atoms with Crippen molar-refractivity contribution in [1.29, 1.82) is 0 Å². The number of nitrogens with one attached hydrogen (secondary N) is 1. The third kappa shape index (κ3) is 3.71. The Labute approximate surface area is 124 Å². The Bertz CT molecular complexity index is 692. The molecule has 0 spiro atoms. The molecule has 1 heterocycles. The Kier molecular flexibility index (Phi) is 4.75. The van der Waals surface area contributed by atoms with E-state index >= 15 is 0 Å². The number of nitrogens with two attached hydrogens (primary N) is 1. The van der Waals surface area contributed by atoms with Crippen molar-refractivity contribution in [2.24, 2.45) is 5.73 Å². The number of amides is 1. The quantitative estimate of drug-likeness (QED) is 0.846. The summed E-state index contributed by atoms with van der Waals surface area (Å²) in [4.78, 5) is 12.3. The molecule has 3 N–H and O–H groups in total. The molecule has 0 aliphatic carbocycles. The molecule has 21 heavy (non-hydrogen) atoms. The number of carbonyl (C=O) groups is 1. The fraction of sp³-hybridized carbons (Fsp3) is 0.250. The van der Waals surface area contributed by atoms with Crippen molar-refractivity contribution in [3.63, 3.8) is 0 Å². The van der Waals surface area contributed by atoms with Crippen LogP contribution >= 0.6 is 0 Å². The van der Waals surface area contributed by atoms with Gasteiger partial charge in [0, 0.05) is 17.8 Å². The van der Waals surface area contributed by atoms with E-state index in [9.17, 15) is 4.79 Å². The first-order valence-electron chi connectivity index (χ1n) is 6.75. The number of nitrogens with zero attached hydrogens (tertiary/aromatic N) is 2. The first-order valence-corrected chi connectivity index (χ1v) is 6.75. The summed E-state index contributed by atoms with van der Waals surface area (Å²) >= 11 is 0. The summed E-state index contributed by atoms with van der Waals surface area (Å²) in [5.41, 5.74) is 7.22. The van der Waals surface area contributed by atoms with Crippen molar-refractivity contribution in [3.05, 3.63) is 47.8 Å². The van der Waals surface area contributed by atoms with Crippen LogP contribution in [0.2, 0.25) is 0 Å². The van der Waals surface area contributed by atoms with E-state index in [0.29, 0.717) is 16.8 Å². The van der Waals surface area contributed by atoms with Crippen LogP contribution in [0, 0.1) is 11.8 Å². The van der Waals surface area contributed by atoms with E-state index in [0.717, 1.165) is 0 Å². The van der Waals surface area contributed by atoms with E-state index in [1.165, 1.54) is 0 Å². The molecule has 0 aliphatic heterocycles. The lowest BCUT2D eigenvalue weighted by molar-refractivity contribution is 0.102. The minimum atomic E-state index is -0.208. The van der Waals surface area contributed by atoms with Gasteiger partial charge in [0.05, 0.1) is 24.0 Å². The zero-order chi connectivity index (χ0) is 15.2. The molecule has 0 radical (unpaired) electrons. The van der Waals surface area contributed by atoms with Crippen LogP contribution < -0.4 is 11.1 Å². The summed E-state index contributed by atoms with van der Waals surface area (Å²) in [6.07, 6.45) is 3.43. The fourth-order valence-corrected chi connectivity index (χ4v) is 1.82. The first kappa shape index (κ1) is 14.8. The first-order chi connectivity index (χ1) is 10.1. The molecule has 1 aromatic carbocycles. The third-order valence-corrected chi connectivity index (χ3v) is 2.89. The highest BCUT2D eigenvalue weighted by atomic mass is 16.1. The zero-order valence-corrected chi connectivity index (χ0v) is 12.1. The molecule has 0 unspecified atom stereocenters. The molecular weight excluding hydrogens is 264 g/mol. The number of rotatable bonds is 3. The molecule has 0 saturated heterocycles. The summed E-state index contributed by atoms with van der Waals surface area (Å²) in [7, 11) is 0. The van der Waals surface area contributed by atoms with E-state index in [1.807, 2.05) is 19.9 Å². The minimum absolute atomic E-state index is 0.208. The molecule has 5 heteroatoms. The van der Waals surface area contributed by atoms with E-state index in [4.69, 9.17) is 5.73 Å². The predicted molar refractivity (Wildman–Crippen MR) is 82.9 cm³/mol. The Morgan fingerprint density at radius 1 is 1.43 bits per heavy atom. The molecule has 0 saturated carbocycles. The molecule has 0 atom stereocenters. The second kappa shape index (κ2) is 6.73. The summed E-state index contributed by atoms with van der Waals surface area (Å²) in [6.45, 7) is 4.31. The van der Waals surface area contributed by atoms with Gasteiger partial charge in [-0.3, -0.25) is 9.48 Å². The van der Waals surface area contributed by atoms with Crippen molar-refractivity contribution in [1.82, 2.24) is 9.78 Å². The smallest absolute Gasteiger partial charge is 0.257 e. The van der Waals surface area contributed by atoms with E-state index in [2.05, 4.69) is 22.3 Å². The van der Waals surface area contributed by atoms with Crippen LogP contribution in [0.1, 0.15) is 35.8 Å². The van der Waals surface area contributed by atoms with Crippen molar-refractivity contribution >= 4 is 11.6 Å². The molecular formula is C16H18N4O. The Morgan fingerprint density at radius 2 is 2.19 bits per heavy atom. The summed E-state index contributed by atoms with van der Waals surface area (Å²) in [5, 5.41) is 7.02. The average Bonchev–Trinajstić information content (AvgIpc) is 2.94. The van der Waals surface area contributed by atoms with Gasteiger partial charge in [-0.2, -0.15) is 5.10 Å². The molecule has 2 rings (SSSR count). The van der Waals surface area contributed by atoms with Gasteiger partial charge in [-0.1, -0.05) is 24.0 Å². The van der Waals surface area contributed by atoms with Gasteiger partial charge < -0.3 is 11.1 Å². The van der Waals surface area contributed by atoms with Crippen molar-refractivity contribution in [3.8, 4) is 11.8 Å². The van der Waals surface area contributed by atoms with Crippen LogP contribution in [-0.4, -0.2) is 22.2 Å². The lowest BCUT2D eigenvalue weighted by atomic mass is 10.1. The minimum Gasteiger partial charge on any atom is -0.320 e. The predicted octanol–water partition coefficient (Wildman–Crippen LogP) is 2.03. The second-order valence-electron chi connectivity index (χ2n) is 4.81. The highest BCUT2D eigenvalue weighted by Gasteiger charge is 2.11. The number of hydrogen-bond donors (Lipinski definition) is 2. The molecule has 0 fully saturated rings. The summed E-state index contributed by atoms with van der Waals surface area (Å²) in [6, 6.07) is 7.44. The van der Waals surface area contributed by atoms with Crippen LogP contribution in [0.5, 0.6) is 0 Å². The second-order valence-corrected chi connectivity index (χ2v) is 4.81. The summed E-state index contributed by atoms with van der Waals surface area (Å²) in [5.74, 6) is 5.46. The monoisotopic (exact) mass is 282 g/mol. The number of anilines is 1. The van der Waals surface area contributed by atoms with Crippen LogP contribution in [0.3, 0.4) is 0 Å². The van der Waals surface area contributed by atoms with Crippen LogP contribution in [0.15, 0.2) is 36.7 Å². The number of benzene rings is 1. The summed E-state index contributed by atoms with van der Waals surface area (Å²) < 4.78 is 1.79. The third-order valence-electron chi connectivity index (χ3n) is 2.89. The van der Waals surface area contributed by atoms with Gasteiger partial charge in [0.2, 0.25) is 0 Å². The molecule has 0 aliphatic rings. The van der Waals surface area contributed by atoms with E-state index < -0.39 is 0 Å². The maximum Gasteiger partial charge on any atom is 0.257 e. The van der Waals surface area contributed by atoms with Gasteiger partial charge in [0.25, 0.3) is 5.91 Å². The Morgan fingerprint density at radius 3 is 2.86 bits per heavy atom. The molecule has 2 aromatic rings. The van der Waals surface area contributed by atoms with Crippen molar-refractivity contribution < 1.29 is 4.79 Å². The number of carbonyl (C=O) groups excluding carboxylic acids is 1. The van der Waals surface area contributed by atoms with E-state index in [-0.39, 0.29) is 18.5 Å². The average molecular weight is 282 g/mol. The standard InChI is InChI=1S/C16H18N4O/c1-12(2)20-11-14(10-18-20)19-16(21)15-8-4-3-6-13(15)7-5-9-17/h3-4,6,8,10-12H,9,17H2,1-2H3,(H,19,21). The van der Waals surface area contributed by atoms with Gasteiger partial charge >= 0.3 is 0 Å². The maximum atomic E-state index is 12.3. The van der Waals surface area contributed by atoms with Gasteiger partial charge in [-0.05, 0) is 26.0 Å². The molecule has 108 valence electrons. The van der Waals surface area contributed by atoms with Crippen molar-refractivity contribution in [2.75, 3.05) is 11.9 Å². The topological polar surface area (TPSA) is 72.9 Å². The largest absolute Gasteiger partial charge is 0.320 e. The van der Waals surface area contributed by atoms with Crippen LogP contribution in [0.4, 0.5) is 5.69 Å². The van der Waals surface area contributed by atoms with Crippen LogP contribution in [0.25, 0.3) is 0 Å². The SMILES string of the molecule is CC(C)n1cc(NC(=O)c2ccccc2C#CCN)cn1. The molecule has 5 nitrogen and oxygen atoms in total. The molecule has 0 bridgehead atoms. The fourth-order valence-electron chi connectivity index (χ4n) is 1.82. The van der Waals surface area contributed by atoms with Gasteiger partial charge in [0.1, 0.15) is 0 Å². The van der Waals surface area contributed by atoms with Gasteiger partial charge in [0.15, 0.2) is 0 Å². The van der Waals surface area contributed by atoms with Gasteiger partial charge in [-0.15, -0.1) is 0 Å². The Balaban J connectivity index is 2.20. The van der Waals surface area contributed by atoms with Crippen LogP contribution in [-0.2, 0) is 0 Å². The molecule has 1 aromatic heterocycles. The normalized spacial score (nSPS) is 10.1. The van der Waals surface area contributed by atoms with E-state index in [1.54, 1.807) is 35.3 Å². The lowest BCUT2D eigenvalue weighted by Gasteiger charge is -2.05. The highest BCUT2D eigenvalue weighted by molar-refractivity contribution is 6.05. The van der Waals surface area contributed by atoms with Gasteiger partial charge in [-0.25, -0.2) is 0 Å². The maximum absolute atomic E-state index is 12.3. The zero-order valence-electron chi connectivity index (χ0n) is 12.1. The number of hydrogen-bond acceptors (Lipinski definition) is 3. The van der Waals surface area contributed by atoms with Crippen molar-refractivity contribution in [2.45, 2.75) is 19.9 Å². The number of aromatic nitrogens is 2. The lowest BCUT2D eigenvalue weighted by Crippen LogP contribution is -2.13. The Hall–Kier alpha value is -2.58. The highest BCUT2D eigenvalue weighted by Crippen LogP contribution is 2.13.